The highest BCUT2D eigenvalue weighted by Gasteiger charge is 2.19. The van der Waals surface area contributed by atoms with Gasteiger partial charge < -0.3 is 9.26 Å². The Hall–Kier alpha value is -1.23. The fourth-order valence-electron chi connectivity index (χ4n) is 1.40. The van der Waals surface area contributed by atoms with Crippen molar-refractivity contribution < 1.29 is 14.1 Å². The van der Waals surface area contributed by atoms with E-state index >= 15 is 0 Å². The molecule has 0 aliphatic rings. The van der Waals surface area contributed by atoms with Crippen LogP contribution in [0.15, 0.2) is 4.52 Å². The summed E-state index contributed by atoms with van der Waals surface area (Å²) >= 11 is 0. The van der Waals surface area contributed by atoms with Crippen molar-refractivity contribution in [3.63, 3.8) is 0 Å². The van der Waals surface area contributed by atoms with E-state index in [9.17, 15) is 4.79 Å². The fourth-order valence-corrected chi connectivity index (χ4v) is 1.40. The van der Waals surface area contributed by atoms with E-state index < -0.39 is 0 Å². The molecule has 0 N–H and O–H groups in total. The van der Waals surface area contributed by atoms with Crippen LogP contribution in [0, 0.1) is 5.92 Å². The average molecular weight is 240 g/mol. The van der Waals surface area contributed by atoms with Gasteiger partial charge in [0.2, 0.25) is 11.7 Å². The average Bonchev–Trinajstić information content (AvgIpc) is 2.74. The summed E-state index contributed by atoms with van der Waals surface area (Å²) in [5.41, 5.74) is 0. The lowest BCUT2D eigenvalue weighted by Crippen LogP contribution is -2.11. The molecule has 0 amide bonds. The number of rotatable bonds is 7. The summed E-state index contributed by atoms with van der Waals surface area (Å²) in [5, 5.41) is 3.86. The monoisotopic (exact) mass is 240 g/mol. The standard InChI is InChI=1S/C12H20N2O3/c1-5-10(16-6-2)12-13-11(17-14-12)7-9(15)8(3)4/h8,10H,5-7H2,1-4H3. The second-order valence-electron chi connectivity index (χ2n) is 4.20. The van der Waals surface area contributed by atoms with Crippen LogP contribution in [0.4, 0.5) is 0 Å². The van der Waals surface area contributed by atoms with Gasteiger partial charge in [0.1, 0.15) is 11.9 Å². The topological polar surface area (TPSA) is 65.2 Å². The van der Waals surface area contributed by atoms with Crippen molar-refractivity contribution in [2.75, 3.05) is 6.61 Å². The number of carbonyl (C=O) groups excluding carboxylic acids is 1. The van der Waals surface area contributed by atoms with Crippen LogP contribution in [0.2, 0.25) is 0 Å². The Labute approximate surface area is 102 Å². The smallest absolute Gasteiger partial charge is 0.234 e. The minimum absolute atomic E-state index is 0.0146. The van der Waals surface area contributed by atoms with Crippen LogP contribution < -0.4 is 0 Å². The summed E-state index contributed by atoms with van der Waals surface area (Å²) in [6.07, 6.45) is 0.838. The normalized spacial score (nSPS) is 13.0. The van der Waals surface area contributed by atoms with Gasteiger partial charge in [-0.2, -0.15) is 4.98 Å². The van der Waals surface area contributed by atoms with Gasteiger partial charge in [0.25, 0.3) is 0 Å². The van der Waals surface area contributed by atoms with Gasteiger partial charge >= 0.3 is 0 Å². The summed E-state index contributed by atoms with van der Waals surface area (Å²) in [4.78, 5) is 15.7. The van der Waals surface area contributed by atoms with Crippen LogP contribution in [-0.4, -0.2) is 22.5 Å². The molecule has 0 aliphatic carbocycles. The molecule has 1 aromatic rings. The molecule has 0 aliphatic heterocycles. The minimum atomic E-state index is -0.147. The Morgan fingerprint density at radius 3 is 2.65 bits per heavy atom. The molecular weight excluding hydrogens is 220 g/mol. The predicted molar refractivity (Wildman–Crippen MR) is 62.5 cm³/mol. The van der Waals surface area contributed by atoms with Crippen molar-refractivity contribution in [2.24, 2.45) is 5.92 Å². The first-order chi connectivity index (χ1) is 8.08. The fraction of sp³-hybridized carbons (Fsp3) is 0.750. The van der Waals surface area contributed by atoms with Crippen LogP contribution in [0.25, 0.3) is 0 Å². The first kappa shape index (κ1) is 13.8. The largest absolute Gasteiger partial charge is 0.370 e. The molecular formula is C12H20N2O3. The second kappa shape index (κ2) is 6.49. The number of hydrogen-bond donors (Lipinski definition) is 0. The number of aromatic nitrogens is 2. The lowest BCUT2D eigenvalue weighted by molar-refractivity contribution is -0.121. The van der Waals surface area contributed by atoms with Gasteiger partial charge in [-0.25, -0.2) is 0 Å². The summed E-state index contributed by atoms with van der Waals surface area (Å²) in [7, 11) is 0. The van der Waals surface area contributed by atoms with E-state index in [1.807, 2.05) is 27.7 Å². The third-order valence-corrected chi connectivity index (χ3v) is 2.48. The van der Waals surface area contributed by atoms with Gasteiger partial charge in [-0.15, -0.1) is 0 Å². The number of Topliss-reactive ketones (excluding diaryl/α,β-unsaturated/α-hetero) is 1. The minimum Gasteiger partial charge on any atom is -0.370 e. The zero-order valence-corrected chi connectivity index (χ0v) is 10.9. The molecule has 0 saturated carbocycles. The lowest BCUT2D eigenvalue weighted by atomic mass is 10.1. The molecule has 5 heteroatoms. The van der Waals surface area contributed by atoms with Gasteiger partial charge in [-0.1, -0.05) is 25.9 Å². The van der Waals surface area contributed by atoms with Crippen LogP contribution in [0.5, 0.6) is 0 Å². The van der Waals surface area contributed by atoms with E-state index in [1.54, 1.807) is 0 Å². The third-order valence-electron chi connectivity index (χ3n) is 2.48. The van der Waals surface area contributed by atoms with E-state index in [0.717, 1.165) is 6.42 Å². The summed E-state index contributed by atoms with van der Waals surface area (Å²) in [6.45, 7) is 8.23. The van der Waals surface area contributed by atoms with Gasteiger partial charge in [0.15, 0.2) is 0 Å². The van der Waals surface area contributed by atoms with Gasteiger partial charge in [0, 0.05) is 12.5 Å². The lowest BCUT2D eigenvalue weighted by Gasteiger charge is -2.09. The van der Waals surface area contributed by atoms with Gasteiger partial charge in [0.05, 0.1) is 6.42 Å². The van der Waals surface area contributed by atoms with Gasteiger partial charge in [-0.05, 0) is 13.3 Å². The number of nitrogens with zero attached hydrogens (tertiary/aromatic N) is 2. The highest BCUT2D eigenvalue weighted by molar-refractivity contribution is 5.81. The molecule has 1 aromatic heterocycles. The van der Waals surface area contributed by atoms with E-state index in [2.05, 4.69) is 10.1 Å². The maximum absolute atomic E-state index is 11.5. The number of carbonyl (C=O) groups is 1. The SMILES string of the molecule is CCOC(CC)c1noc(CC(=O)C(C)C)n1. The second-order valence-corrected chi connectivity index (χ2v) is 4.20. The van der Waals surface area contributed by atoms with Crippen molar-refractivity contribution in [1.29, 1.82) is 0 Å². The highest BCUT2D eigenvalue weighted by atomic mass is 16.5. The van der Waals surface area contributed by atoms with Crippen molar-refractivity contribution in [2.45, 2.75) is 46.6 Å². The third kappa shape index (κ3) is 3.93. The Morgan fingerprint density at radius 2 is 2.12 bits per heavy atom. The van der Waals surface area contributed by atoms with Crippen molar-refractivity contribution in [1.82, 2.24) is 10.1 Å². The molecule has 0 bridgehead atoms. The molecule has 1 rings (SSSR count). The zero-order chi connectivity index (χ0) is 12.8. The first-order valence-electron chi connectivity index (χ1n) is 6.05. The quantitative estimate of drug-likeness (QED) is 0.731. The number of ether oxygens (including phenoxy) is 1. The van der Waals surface area contributed by atoms with E-state index in [4.69, 9.17) is 9.26 Å². The molecule has 0 radical (unpaired) electrons. The Balaban J connectivity index is 2.67. The van der Waals surface area contributed by atoms with Crippen molar-refractivity contribution in [3.05, 3.63) is 11.7 Å². The van der Waals surface area contributed by atoms with E-state index in [1.165, 1.54) is 0 Å². The molecule has 17 heavy (non-hydrogen) atoms. The molecule has 5 nitrogen and oxygen atoms in total. The summed E-state index contributed by atoms with van der Waals surface area (Å²) < 4.78 is 10.5. The van der Waals surface area contributed by atoms with Crippen LogP contribution in [0.1, 0.15) is 51.9 Å². The van der Waals surface area contributed by atoms with E-state index in [-0.39, 0.29) is 24.2 Å². The molecule has 96 valence electrons. The predicted octanol–water partition coefficient (Wildman–Crippen LogP) is 2.32. The molecule has 0 saturated heterocycles. The summed E-state index contributed by atoms with van der Waals surface area (Å²) in [5.74, 6) is 0.988. The maximum Gasteiger partial charge on any atom is 0.234 e. The number of hydrogen-bond acceptors (Lipinski definition) is 5. The van der Waals surface area contributed by atoms with Crippen LogP contribution >= 0.6 is 0 Å². The molecule has 0 spiro atoms. The van der Waals surface area contributed by atoms with Crippen molar-refractivity contribution in [3.8, 4) is 0 Å². The summed E-state index contributed by atoms with van der Waals surface area (Å²) in [6, 6.07) is 0. The molecule has 0 aromatic carbocycles. The molecule has 0 fully saturated rings. The molecule has 1 atom stereocenters. The van der Waals surface area contributed by atoms with Gasteiger partial charge in [-0.3, -0.25) is 4.79 Å². The Bertz CT molecular complexity index is 360. The van der Waals surface area contributed by atoms with Crippen LogP contribution in [-0.2, 0) is 16.0 Å². The maximum atomic E-state index is 11.5. The van der Waals surface area contributed by atoms with Crippen LogP contribution in [0.3, 0.4) is 0 Å². The Kier molecular flexibility index (Phi) is 5.28. The van der Waals surface area contributed by atoms with E-state index in [0.29, 0.717) is 18.3 Å². The zero-order valence-electron chi connectivity index (χ0n) is 10.9. The Morgan fingerprint density at radius 1 is 1.41 bits per heavy atom. The highest BCUT2D eigenvalue weighted by Crippen LogP contribution is 2.18. The molecule has 1 unspecified atom stereocenters. The molecule has 1 heterocycles. The first-order valence-corrected chi connectivity index (χ1v) is 6.05. The number of ketones is 1. The van der Waals surface area contributed by atoms with Crippen molar-refractivity contribution >= 4 is 5.78 Å².